The van der Waals surface area contributed by atoms with Gasteiger partial charge in [0.05, 0.1) is 32.2 Å². The molecule has 1 fully saturated rings. The number of phosphoric acid groups is 1. The molecule has 3 unspecified atom stereocenters. The Labute approximate surface area is 347 Å². The Morgan fingerprint density at radius 2 is 1.37 bits per heavy atom. The summed E-state index contributed by atoms with van der Waals surface area (Å²) < 4.78 is 61.8. The molecule has 12 heteroatoms. The summed E-state index contributed by atoms with van der Waals surface area (Å²) in [6, 6.07) is -0.834. The Morgan fingerprint density at radius 3 is 1.95 bits per heavy atom. The van der Waals surface area contributed by atoms with Gasteiger partial charge in [-0.15, -0.1) is 13.2 Å². The highest BCUT2D eigenvalue weighted by molar-refractivity contribution is 7.48. The molecule has 1 aliphatic rings. The number of phosphoric ester groups is 1. The molecule has 0 aromatic carbocycles. The van der Waals surface area contributed by atoms with Crippen molar-refractivity contribution >= 4 is 13.7 Å². The zero-order chi connectivity index (χ0) is 41.8. The molecule has 1 aliphatic heterocycles. The van der Waals surface area contributed by atoms with Gasteiger partial charge in [-0.25, -0.2) is 4.57 Å². The number of carbonyl (C=O) groups excluding carboxylic acids is 1. The van der Waals surface area contributed by atoms with Gasteiger partial charge in [-0.2, -0.15) is 0 Å². The second kappa shape index (κ2) is 36.1. The van der Waals surface area contributed by atoms with Crippen molar-refractivity contribution in [2.45, 2.75) is 192 Å². The molecule has 0 saturated carbocycles. The summed E-state index contributed by atoms with van der Waals surface area (Å²) in [4.78, 5) is 13.6. The Bertz CT molecular complexity index is 1090. The van der Waals surface area contributed by atoms with Gasteiger partial charge in [0.1, 0.15) is 24.4 Å². The van der Waals surface area contributed by atoms with Gasteiger partial charge in [0.2, 0.25) is 12.2 Å². The number of carbonyl (C=O) groups is 1. The molecule has 1 heterocycles. The minimum absolute atomic E-state index is 0.0105. The summed E-state index contributed by atoms with van der Waals surface area (Å²) >= 11 is 0. The van der Waals surface area contributed by atoms with Crippen LogP contribution in [0.1, 0.15) is 156 Å². The molecule has 1 amide bonds. The Morgan fingerprint density at radius 1 is 0.789 bits per heavy atom. The topological polar surface area (TPSA) is 120 Å². The molecule has 1 N–H and O–H groups in total. The van der Waals surface area contributed by atoms with E-state index in [0.29, 0.717) is 12.8 Å². The van der Waals surface area contributed by atoms with Gasteiger partial charge in [-0.1, -0.05) is 128 Å². The number of methoxy groups -OCH3 is 2. The van der Waals surface area contributed by atoms with E-state index < -0.39 is 38.5 Å². The van der Waals surface area contributed by atoms with Crippen LogP contribution in [-0.4, -0.2) is 83.3 Å². The third kappa shape index (κ3) is 25.4. The SMILES string of the molecule is C=CCOP(=O)(OCC=C)O[C@@H]1C(COC)O[C@H](O/C=C\C)[C@H](NC(=O)CCCCCCCCC/C=C\CCCCCC)C1OCCC(CCCCCCC)OC. The second-order valence-electron chi connectivity index (χ2n) is 14.9. The molecule has 332 valence electrons. The Hall–Kier alpha value is -1.82. The van der Waals surface area contributed by atoms with Crippen LogP contribution in [0, 0.1) is 0 Å². The lowest BCUT2D eigenvalue weighted by Crippen LogP contribution is -2.66. The molecule has 11 nitrogen and oxygen atoms in total. The fourth-order valence-corrected chi connectivity index (χ4v) is 8.12. The highest BCUT2D eigenvalue weighted by atomic mass is 31.2. The van der Waals surface area contributed by atoms with E-state index in [2.05, 4.69) is 44.5 Å². The van der Waals surface area contributed by atoms with Crippen LogP contribution in [0.4, 0.5) is 0 Å². The van der Waals surface area contributed by atoms with E-state index in [1.807, 2.05) is 6.92 Å². The summed E-state index contributed by atoms with van der Waals surface area (Å²) in [5, 5.41) is 3.14. The first-order valence-corrected chi connectivity index (χ1v) is 23.6. The zero-order valence-electron chi connectivity index (χ0n) is 36.5. The Balaban J connectivity index is 3.04. The highest BCUT2D eigenvalue weighted by Crippen LogP contribution is 2.52. The summed E-state index contributed by atoms with van der Waals surface area (Å²) in [6.45, 7) is 13.8. The van der Waals surface area contributed by atoms with Crippen molar-refractivity contribution in [2.24, 2.45) is 0 Å². The smallest absolute Gasteiger partial charge is 0.471 e. The number of ether oxygens (including phenoxy) is 5. The molecule has 0 aromatic rings. The molecule has 0 aliphatic carbocycles. The number of rotatable bonds is 39. The van der Waals surface area contributed by atoms with Gasteiger partial charge in [0.15, 0.2) is 0 Å². The van der Waals surface area contributed by atoms with Gasteiger partial charge < -0.3 is 29.0 Å². The minimum atomic E-state index is -4.20. The van der Waals surface area contributed by atoms with Crippen molar-refractivity contribution in [1.82, 2.24) is 5.32 Å². The lowest BCUT2D eigenvalue weighted by atomic mass is 9.96. The van der Waals surface area contributed by atoms with E-state index in [0.717, 1.165) is 51.4 Å². The number of hydrogen-bond donors (Lipinski definition) is 1. The molecule has 0 aromatic heterocycles. The molecular weight excluding hydrogens is 745 g/mol. The maximum absolute atomic E-state index is 14.0. The van der Waals surface area contributed by atoms with Crippen molar-refractivity contribution in [2.75, 3.05) is 40.6 Å². The second-order valence-corrected chi connectivity index (χ2v) is 16.5. The van der Waals surface area contributed by atoms with Crippen LogP contribution in [0.15, 0.2) is 49.8 Å². The van der Waals surface area contributed by atoms with Gasteiger partial charge in [-0.3, -0.25) is 18.4 Å². The van der Waals surface area contributed by atoms with Gasteiger partial charge in [0, 0.05) is 27.2 Å². The average molecular weight is 828 g/mol. The number of amides is 1. The number of allylic oxidation sites excluding steroid dienone is 3. The monoisotopic (exact) mass is 828 g/mol. The van der Waals surface area contributed by atoms with Gasteiger partial charge in [-0.05, 0) is 51.9 Å². The molecule has 0 spiro atoms. The molecule has 6 atom stereocenters. The van der Waals surface area contributed by atoms with Crippen LogP contribution in [0.2, 0.25) is 0 Å². The molecule has 0 radical (unpaired) electrons. The maximum atomic E-state index is 14.0. The molecular formula is C45H82NO10P. The third-order valence-corrected chi connectivity index (χ3v) is 11.4. The lowest BCUT2D eigenvalue weighted by Gasteiger charge is -2.46. The third-order valence-electron chi connectivity index (χ3n) is 9.98. The largest absolute Gasteiger partial charge is 0.475 e. The average Bonchev–Trinajstić information content (AvgIpc) is 3.21. The van der Waals surface area contributed by atoms with Crippen LogP contribution >= 0.6 is 7.82 Å². The standard InChI is InChI=1S/C45H82NO10P/c1-8-13-15-17-18-19-20-21-22-23-24-25-26-28-30-32-41(47)46-42-44(51-37-33-39(50-7)31-29-27-16-14-9-2)43(40(38-49-6)55-45(42)52-34-10-3)56-57(48,53-35-11-4)54-36-12-5/h10-12,19-20,34,39-40,42-45H,4-5,8-9,13-18,21-33,35-38H2,1-3,6-7H3,(H,46,47)/b20-19-,34-10-/t39?,40?,42-,43-,44?,45+/m1/s1. The molecule has 1 rings (SSSR count). The number of hydrogen-bond acceptors (Lipinski definition) is 10. The number of nitrogens with one attached hydrogen (secondary N) is 1. The van der Waals surface area contributed by atoms with E-state index in [1.54, 1.807) is 13.2 Å². The Kier molecular flexibility index (Phi) is 33.7. The van der Waals surface area contributed by atoms with E-state index >= 15 is 0 Å². The van der Waals surface area contributed by atoms with Crippen molar-refractivity contribution < 1.29 is 46.6 Å². The quantitative estimate of drug-likeness (QED) is 0.0277. The molecule has 0 bridgehead atoms. The van der Waals surface area contributed by atoms with Crippen molar-refractivity contribution in [3.8, 4) is 0 Å². The van der Waals surface area contributed by atoms with E-state index in [9.17, 15) is 9.36 Å². The normalized spacial score (nSPS) is 20.6. The van der Waals surface area contributed by atoms with Crippen molar-refractivity contribution in [1.29, 1.82) is 0 Å². The first-order valence-electron chi connectivity index (χ1n) is 22.1. The van der Waals surface area contributed by atoms with Gasteiger partial charge >= 0.3 is 7.82 Å². The maximum Gasteiger partial charge on any atom is 0.475 e. The fourth-order valence-electron chi connectivity index (χ4n) is 6.79. The van der Waals surface area contributed by atoms with Crippen LogP contribution < -0.4 is 5.32 Å². The lowest BCUT2D eigenvalue weighted by molar-refractivity contribution is -0.262. The summed E-state index contributed by atoms with van der Waals surface area (Å²) in [6.07, 6.45) is 30.1. The molecule has 1 saturated heterocycles. The zero-order valence-corrected chi connectivity index (χ0v) is 37.4. The minimum Gasteiger partial charge on any atom is -0.471 e. The summed E-state index contributed by atoms with van der Waals surface area (Å²) in [5.41, 5.74) is 0. The fraction of sp³-hybridized carbons (Fsp3) is 0.800. The van der Waals surface area contributed by atoms with Crippen LogP contribution in [-0.2, 0) is 46.6 Å². The van der Waals surface area contributed by atoms with Crippen LogP contribution in [0.3, 0.4) is 0 Å². The highest BCUT2D eigenvalue weighted by Gasteiger charge is 2.52. The van der Waals surface area contributed by atoms with E-state index in [1.165, 1.54) is 96.2 Å². The van der Waals surface area contributed by atoms with Crippen molar-refractivity contribution in [3.63, 3.8) is 0 Å². The summed E-state index contributed by atoms with van der Waals surface area (Å²) in [7, 11) is -0.950. The van der Waals surface area contributed by atoms with Crippen LogP contribution in [0.25, 0.3) is 0 Å². The van der Waals surface area contributed by atoms with E-state index in [-0.39, 0.29) is 38.4 Å². The first kappa shape index (κ1) is 53.2. The number of unbranched alkanes of at least 4 members (excludes halogenated alkanes) is 15. The first-order chi connectivity index (χ1) is 27.8. The predicted octanol–water partition coefficient (Wildman–Crippen LogP) is 11.5. The summed E-state index contributed by atoms with van der Waals surface area (Å²) in [5.74, 6) is -0.160. The predicted molar refractivity (Wildman–Crippen MR) is 231 cm³/mol. The van der Waals surface area contributed by atoms with E-state index in [4.69, 9.17) is 37.3 Å². The molecule has 57 heavy (non-hydrogen) atoms. The van der Waals surface area contributed by atoms with Crippen LogP contribution in [0.5, 0.6) is 0 Å². The van der Waals surface area contributed by atoms with Gasteiger partial charge in [0.25, 0.3) is 0 Å². The van der Waals surface area contributed by atoms with Crippen molar-refractivity contribution in [3.05, 3.63) is 49.8 Å².